The number of benzene rings is 1. The molecule has 0 radical (unpaired) electrons. The summed E-state index contributed by atoms with van der Waals surface area (Å²) in [5.41, 5.74) is 1.02. The van der Waals surface area contributed by atoms with Crippen LogP contribution in [-0.2, 0) is 0 Å². The molecule has 19 heavy (non-hydrogen) atoms. The average molecular weight is 254 g/mol. The molecule has 0 aliphatic carbocycles. The van der Waals surface area contributed by atoms with E-state index in [4.69, 9.17) is 5.26 Å². The summed E-state index contributed by atoms with van der Waals surface area (Å²) in [4.78, 5) is 4.12. The molecular weight excluding hydrogens is 243 g/mol. The highest BCUT2D eigenvalue weighted by Crippen LogP contribution is 2.39. The predicted octanol–water partition coefficient (Wildman–Crippen LogP) is 2.82. The summed E-state index contributed by atoms with van der Waals surface area (Å²) in [7, 11) is 0. The van der Waals surface area contributed by atoms with Gasteiger partial charge in [-0.05, 0) is 11.6 Å². The van der Waals surface area contributed by atoms with Gasteiger partial charge >= 0.3 is 0 Å². The number of hydrogen-bond acceptors (Lipinski definition) is 3. The first-order valence-corrected chi connectivity index (χ1v) is 6.01. The maximum absolute atomic E-state index is 14.0. The van der Waals surface area contributed by atoms with E-state index in [0.717, 1.165) is 5.56 Å². The Bertz CT molecular complexity index is 654. The molecule has 1 aromatic carbocycles. The van der Waals surface area contributed by atoms with Gasteiger partial charge in [-0.1, -0.05) is 30.3 Å². The zero-order chi connectivity index (χ0) is 13.2. The molecule has 0 amide bonds. The fourth-order valence-electron chi connectivity index (χ4n) is 2.33. The van der Waals surface area contributed by atoms with Gasteiger partial charge in [0.1, 0.15) is 0 Å². The highest BCUT2D eigenvalue weighted by molar-refractivity contribution is 5.43. The van der Waals surface area contributed by atoms with Crippen molar-refractivity contribution >= 4 is 6.08 Å². The molecule has 2 heterocycles. The van der Waals surface area contributed by atoms with Crippen LogP contribution in [0.3, 0.4) is 0 Å². The maximum Gasteiger partial charge on any atom is 0.175 e. The predicted molar refractivity (Wildman–Crippen MR) is 67.7 cm³/mol. The van der Waals surface area contributed by atoms with Gasteiger partial charge in [-0.2, -0.15) is 10.4 Å². The molecule has 5 heteroatoms. The number of alkyl halides is 1. The molecule has 2 atom stereocenters. The first-order chi connectivity index (χ1) is 9.29. The number of nitriles is 1. The molecule has 94 valence electrons. The molecule has 2 aromatic rings. The zero-order valence-electron chi connectivity index (χ0n) is 10.1. The normalized spacial score (nSPS) is 21.5. The molecule has 0 fully saturated rings. The lowest BCUT2D eigenvalue weighted by Crippen LogP contribution is -2.07. The Kier molecular flexibility index (Phi) is 2.84. The van der Waals surface area contributed by atoms with Crippen molar-refractivity contribution in [2.45, 2.75) is 18.6 Å². The van der Waals surface area contributed by atoms with Crippen molar-refractivity contribution in [3.05, 3.63) is 53.6 Å². The smallest absolute Gasteiger partial charge is 0.175 e. The van der Waals surface area contributed by atoms with E-state index in [0.29, 0.717) is 18.1 Å². The number of hydrogen-bond donors (Lipinski definition) is 0. The minimum atomic E-state index is -1.11. The number of aromatic nitrogens is 3. The van der Waals surface area contributed by atoms with Crippen LogP contribution in [0, 0.1) is 11.3 Å². The van der Waals surface area contributed by atoms with Gasteiger partial charge in [-0.15, -0.1) is 0 Å². The van der Waals surface area contributed by atoms with E-state index in [-0.39, 0.29) is 6.04 Å². The van der Waals surface area contributed by atoms with Gasteiger partial charge in [-0.25, -0.2) is 14.1 Å². The second-order valence-electron chi connectivity index (χ2n) is 4.36. The highest BCUT2D eigenvalue weighted by atomic mass is 19.1. The summed E-state index contributed by atoms with van der Waals surface area (Å²) in [6.07, 6.45) is 2.03. The topological polar surface area (TPSA) is 54.5 Å². The monoisotopic (exact) mass is 254 g/mol. The van der Waals surface area contributed by atoms with Crippen LogP contribution in [-0.4, -0.2) is 14.8 Å². The Morgan fingerprint density at radius 3 is 2.89 bits per heavy atom. The van der Waals surface area contributed by atoms with E-state index in [2.05, 4.69) is 10.1 Å². The third-order valence-electron chi connectivity index (χ3n) is 3.17. The lowest BCUT2D eigenvalue weighted by atomic mass is 10.0. The molecule has 1 aliphatic heterocycles. The molecule has 0 saturated heterocycles. The van der Waals surface area contributed by atoms with Crippen molar-refractivity contribution in [3.8, 4) is 6.07 Å². The molecule has 4 nitrogen and oxygen atoms in total. The second kappa shape index (κ2) is 4.65. The van der Waals surface area contributed by atoms with E-state index < -0.39 is 6.17 Å². The Labute approximate surface area is 109 Å². The minimum absolute atomic E-state index is 0.122. The molecule has 0 spiro atoms. The van der Waals surface area contributed by atoms with Gasteiger partial charge in [0.2, 0.25) is 0 Å². The SMILES string of the molecule is N#C/C=C/c1nc2n(n1)C(c1ccccc1)CC2F. The fourth-order valence-corrected chi connectivity index (χ4v) is 2.33. The number of allylic oxidation sites excluding steroid dienone is 1. The van der Waals surface area contributed by atoms with Crippen molar-refractivity contribution in [1.29, 1.82) is 5.26 Å². The van der Waals surface area contributed by atoms with Crippen LogP contribution in [0.25, 0.3) is 6.08 Å². The molecule has 1 aromatic heterocycles. The van der Waals surface area contributed by atoms with Crippen molar-refractivity contribution in [2.24, 2.45) is 0 Å². The molecule has 0 N–H and O–H groups in total. The Balaban J connectivity index is 2.00. The first-order valence-electron chi connectivity index (χ1n) is 6.01. The lowest BCUT2D eigenvalue weighted by molar-refractivity contribution is 0.328. The average Bonchev–Trinajstić information content (AvgIpc) is 2.98. The van der Waals surface area contributed by atoms with Crippen LogP contribution in [0.15, 0.2) is 36.4 Å². The molecule has 2 unspecified atom stereocenters. The molecule has 3 rings (SSSR count). The van der Waals surface area contributed by atoms with E-state index in [1.807, 2.05) is 36.4 Å². The number of fused-ring (bicyclic) bond motifs is 1. The summed E-state index contributed by atoms with van der Waals surface area (Å²) in [5, 5.41) is 12.7. The van der Waals surface area contributed by atoms with Crippen molar-refractivity contribution < 1.29 is 4.39 Å². The Morgan fingerprint density at radius 2 is 2.16 bits per heavy atom. The molecule has 0 bridgehead atoms. The van der Waals surface area contributed by atoms with E-state index in [1.54, 1.807) is 4.68 Å². The number of rotatable bonds is 2. The van der Waals surface area contributed by atoms with Gasteiger partial charge in [0, 0.05) is 12.5 Å². The summed E-state index contributed by atoms with van der Waals surface area (Å²) in [5.74, 6) is 0.714. The molecule has 1 aliphatic rings. The van der Waals surface area contributed by atoms with Crippen LogP contribution >= 0.6 is 0 Å². The highest BCUT2D eigenvalue weighted by Gasteiger charge is 2.34. The van der Waals surface area contributed by atoms with Gasteiger partial charge in [0.05, 0.1) is 12.1 Å². The summed E-state index contributed by atoms with van der Waals surface area (Å²) in [6, 6.07) is 11.4. The van der Waals surface area contributed by atoms with Crippen molar-refractivity contribution in [1.82, 2.24) is 14.8 Å². The van der Waals surface area contributed by atoms with Gasteiger partial charge < -0.3 is 0 Å². The Hall–Kier alpha value is -2.48. The quantitative estimate of drug-likeness (QED) is 0.774. The van der Waals surface area contributed by atoms with E-state index in [9.17, 15) is 4.39 Å². The second-order valence-corrected chi connectivity index (χ2v) is 4.36. The van der Waals surface area contributed by atoms with Crippen LogP contribution in [0.2, 0.25) is 0 Å². The first kappa shape index (κ1) is 11.6. The molecule has 0 saturated carbocycles. The largest absolute Gasteiger partial charge is 0.239 e. The lowest BCUT2D eigenvalue weighted by Gasteiger charge is -2.11. The Morgan fingerprint density at radius 1 is 1.37 bits per heavy atom. The summed E-state index contributed by atoms with van der Waals surface area (Å²) < 4.78 is 15.6. The van der Waals surface area contributed by atoms with E-state index >= 15 is 0 Å². The summed E-state index contributed by atoms with van der Waals surface area (Å²) >= 11 is 0. The van der Waals surface area contributed by atoms with Crippen molar-refractivity contribution in [2.75, 3.05) is 0 Å². The van der Waals surface area contributed by atoms with Crippen molar-refractivity contribution in [3.63, 3.8) is 0 Å². The maximum atomic E-state index is 14.0. The minimum Gasteiger partial charge on any atom is -0.239 e. The number of nitrogens with zero attached hydrogens (tertiary/aromatic N) is 4. The van der Waals surface area contributed by atoms with Crippen LogP contribution in [0.4, 0.5) is 4.39 Å². The summed E-state index contributed by atoms with van der Waals surface area (Å²) in [6.45, 7) is 0. The van der Waals surface area contributed by atoms with Gasteiger partial charge in [-0.3, -0.25) is 0 Å². The third kappa shape index (κ3) is 2.02. The van der Waals surface area contributed by atoms with Crippen LogP contribution in [0.5, 0.6) is 0 Å². The standard InChI is InChI=1S/C14H11FN4/c15-11-9-12(10-5-2-1-3-6-10)19-14(11)17-13(18-19)7-4-8-16/h1-7,11-12H,9H2/b7-4+. The number of halogens is 1. The molecular formula is C14H11FN4. The fraction of sp³-hybridized carbons (Fsp3) is 0.214. The van der Waals surface area contributed by atoms with Crippen LogP contribution < -0.4 is 0 Å². The van der Waals surface area contributed by atoms with E-state index in [1.165, 1.54) is 12.2 Å². The van der Waals surface area contributed by atoms with Gasteiger partial charge in [0.25, 0.3) is 0 Å². The zero-order valence-corrected chi connectivity index (χ0v) is 10.1. The third-order valence-corrected chi connectivity index (χ3v) is 3.17. The van der Waals surface area contributed by atoms with Gasteiger partial charge in [0.15, 0.2) is 17.8 Å². The van der Waals surface area contributed by atoms with Crippen LogP contribution in [0.1, 0.15) is 35.8 Å².